The van der Waals surface area contributed by atoms with Gasteiger partial charge in [-0.15, -0.1) is 0 Å². The number of nitrogens with zero attached hydrogens (tertiary/aromatic N) is 3. The van der Waals surface area contributed by atoms with E-state index >= 15 is 0 Å². The molecular formula is C32H33N3NiO3. The van der Waals surface area contributed by atoms with E-state index in [0.717, 1.165) is 16.7 Å². The fraction of sp³-hybridized carbons (Fsp3) is 0.250. The maximum atomic E-state index is 12.9. The molecule has 39 heavy (non-hydrogen) atoms. The number of benzene rings is 2. The number of carbonyl (C=O) groups excluding carboxylic acids is 1. The summed E-state index contributed by atoms with van der Waals surface area (Å²) < 4.78 is 0. The second kappa shape index (κ2) is 14.9. The first-order valence-corrected chi connectivity index (χ1v) is 12.6. The maximum absolute atomic E-state index is 12.9. The zero-order valence-electron chi connectivity index (χ0n) is 22.6. The molecule has 1 atom stereocenters. The summed E-state index contributed by atoms with van der Waals surface area (Å²) in [5.41, 5.74) is 2.89. The molecule has 3 aromatic rings. The van der Waals surface area contributed by atoms with Crippen LogP contribution in [0.5, 0.6) is 0 Å². The third-order valence-electron chi connectivity index (χ3n) is 6.08. The summed E-state index contributed by atoms with van der Waals surface area (Å²) in [7, 11) is 0. The van der Waals surface area contributed by atoms with Crippen molar-refractivity contribution in [3.05, 3.63) is 119 Å². The fourth-order valence-electron chi connectivity index (χ4n) is 3.86. The topological polar surface area (TPSA) is 101 Å². The molecule has 2 aromatic carbocycles. The number of hydrogen-bond donors (Lipinski definition) is 0. The van der Waals surface area contributed by atoms with Crippen LogP contribution in [-0.2, 0) is 21.3 Å². The minimum absolute atomic E-state index is 0. The molecule has 0 amide bonds. The van der Waals surface area contributed by atoms with Gasteiger partial charge in [-0.3, -0.25) is 15.0 Å². The second-order valence-corrected chi connectivity index (χ2v) is 9.70. The number of carbonyl (C=O) groups is 1. The molecule has 7 heteroatoms. The Bertz CT molecular complexity index is 1320. The molecule has 0 fully saturated rings. The average Bonchev–Trinajstić information content (AvgIpc) is 2.91. The van der Waals surface area contributed by atoms with E-state index in [9.17, 15) is 15.0 Å². The maximum Gasteiger partial charge on any atom is 2.00 e. The molecule has 0 radical (unpaired) electrons. The van der Waals surface area contributed by atoms with Crippen LogP contribution in [0.25, 0.3) is 0 Å². The molecule has 204 valence electrons. The van der Waals surface area contributed by atoms with Gasteiger partial charge in [0.2, 0.25) is 0 Å². The SMILES string of the molecule is CC(C)=CCC(C=NC(c1ccccc1)c1ccccc1N=C([O-])c1ccccn1)(CC=C(C)C)C(=O)[O-].[Ni+2]. The minimum atomic E-state index is -1.34. The van der Waals surface area contributed by atoms with Crippen molar-refractivity contribution in [2.45, 2.75) is 46.6 Å². The van der Waals surface area contributed by atoms with Crippen molar-refractivity contribution in [3.63, 3.8) is 0 Å². The van der Waals surface area contributed by atoms with E-state index in [2.05, 4.69) is 9.98 Å². The molecule has 1 aromatic heterocycles. The van der Waals surface area contributed by atoms with Gasteiger partial charge < -0.3 is 15.0 Å². The number of aliphatic carboxylic acids is 1. The standard InChI is InChI=1S/C32H35N3O3.Ni/c1-23(2)17-19-32(31(37)38,20-18-24(3)4)22-34-29(25-12-6-5-7-13-25)26-14-8-9-15-27(26)35-30(36)28-16-10-11-21-33-28;/h5-18,21-22,29H,19-20H2,1-4H3,(H,35,36)(H,37,38);/q;+2/p-2. The minimum Gasteiger partial charge on any atom is -0.857 e. The Labute approximate surface area is 240 Å². The summed E-state index contributed by atoms with van der Waals surface area (Å²) in [6, 6.07) is 21.3. The quantitative estimate of drug-likeness (QED) is 0.139. The Morgan fingerprint density at radius 1 is 0.872 bits per heavy atom. The second-order valence-electron chi connectivity index (χ2n) is 9.70. The Kier molecular flexibility index (Phi) is 12.0. The fourth-order valence-corrected chi connectivity index (χ4v) is 3.86. The summed E-state index contributed by atoms with van der Waals surface area (Å²) in [6.45, 7) is 7.73. The van der Waals surface area contributed by atoms with Crippen molar-refractivity contribution in [2.24, 2.45) is 15.4 Å². The first-order chi connectivity index (χ1) is 18.2. The number of rotatable bonds is 11. The number of hydrogen-bond acceptors (Lipinski definition) is 6. The van der Waals surface area contributed by atoms with Gasteiger partial charge in [-0.25, -0.2) is 0 Å². The smallest absolute Gasteiger partial charge is 0.857 e. The molecule has 0 aliphatic heterocycles. The largest absolute Gasteiger partial charge is 2.00 e. The van der Waals surface area contributed by atoms with Crippen LogP contribution in [0.3, 0.4) is 0 Å². The van der Waals surface area contributed by atoms with Crippen molar-refractivity contribution in [2.75, 3.05) is 0 Å². The van der Waals surface area contributed by atoms with E-state index in [1.54, 1.807) is 36.5 Å². The Morgan fingerprint density at radius 2 is 1.46 bits per heavy atom. The molecule has 6 nitrogen and oxygen atoms in total. The summed E-state index contributed by atoms with van der Waals surface area (Å²) in [4.78, 5) is 25.9. The summed E-state index contributed by atoms with van der Waals surface area (Å²) in [5, 5.41) is 25.4. The number of para-hydroxylation sites is 1. The molecule has 1 heterocycles. The van der Waals surface area contributed by atoms with E-state index in [4.69, 9.17) is 4.99 Å². The molecule has 0 spiro atoms. The van der Waals surface area contributed by atoms with Crippen molar-refractivity contribution in [1.82, 2.24) is 4.98 Å². The number of carboxylic acid groups (broad SMARTS) is 1. The van der Waals surface area contributed by atoms with Gasteiger partial charge in [-0.2, -0.15) is 0 Å². The molecule has 0 aliphatic rings. The van der Waals surface area contributed by atoms with Gasteiger partial charge in [-0.05, 0) is 64.3 Å². The van der Waals surface area contributed by atoms with Gasteiger partial charge in [0, 0.05) is 23.9 Å². The molecule has 0 bridgehead atoms. The molecule has 0 saturated carbocycles. The van der Waals surface area contributed by atoms with Crippen LogP contribution in [-0.4, -0.2) is 23.1 Å². The monoisotopic (exact) mass is 565 g/mol. The number of aliphatic imine (C=N–C) groups is 2. The predicted molar refractivity (Wildman–Crippen MR) is 149 cm³/mol. The predicted octanol–water partition coefficient (Wildman–Crippen LogP) is 5.13. The van der Waals surface area contributed by atoms with E-state index < -0.39 is 23.3 Å². The zero-order valence-corrected chi connectivity index (χ0v) is 23.6. The van der Waals surface area contributed by atoms with Crippen LogP contribution in [0, 0.1) is 5.41 Å². The number of aromatic nitrogens is 1. The normalized spacial score (nSPS) is 12.4. The van der Waals surface area contributed by atoms with Crippen LogP contribution in [0.4, 0.5) is 5.69 Å². The third-order valence-corrected chi connectivity index (χ3v) is 6.08. The van der Waals surface area contributed by atoms with Crippen LogP contribution < -0.4 is 10.2 Å². The van der Waals surface area contributed by atoms with Gasteiger partial charge in [0.25, 0.3) is 0 Å². The number of pyridine rings is 1. The Hall–Kier alpha value is -3.83. The third kappa shape index (κ3) is 8.86. The number of carboxylic acids is 1. The van der Waals surface area contributed by atoms with Crippen molar-refractivity contribution >= 4 is 23.8 Å². The number of allylic oxidation sites excluding steroid dienone is 4. The van der Waals surface area contributed by atoms with Crippen molar-refractivity contribution in [1.29, 1.82) is 0 Å². The zero-order chi connectivity index (χ0) is 27.5. The summed E-state index contributed by atoms with van der Waals surface area (Å²) in [6.07, 6.45) is 7.34. The Balaban J connectivity index is 0.00000533. The molecule has 0 aliphatic carbocycles. The summed E-state index contributed by atoms with van der Waals surface area (Å²) >= 11 is 0. The first-order valence-electron chi connectivity index (χ1n) is 12.6. The van der Waals surface area contributed by atoms with E-state index in [-0.39, 0.29) is 35.0 Å². The van der Waals surface area contributed by atoms with Gasteiger partial charge in [-0.1, -0.05) is 77.9 Å². The summed E-state index contributed by atoms with van der Waals surface area (Å²) in [5.74, 6) is -1.66. The van der Waals surface area contributed by atoms with Gasteiger partial charge in [0.05, 0.1) is 22.8 Å². The first kappa shape index (κ1) is 31.4. The van der Waals surface area contributed by atoms with Crippen molar-refractivity contribution in [3.8, 4) is 0 Å². The molecule has 1 unspecified atom stereocenters. The molecule has 3 rings (SSSR count). The van der Waals surface area contributed by atoms with E-state index in [1.165, 1.54) is 6.21 Å². The van der Waals surface area contributed by atoms with E-state index in [1.807, 2.05) is 82.3 Å². The molecular weight excluding hydrogens is 533 g/mol. The van der Waals surface area contributed by atoms with Crippen LogP contribution >= 0.6 is 0 Å². The molecule has 0 N–H and O–H groups in total. The Morgan fingerprint density at radius 3 is 2.03 bits per heavy atom. The van der Waals surface area contributed by atoms with E-state index in [0.29, 0.717) is 11.3 Å². The van der Waals surface area contributed by atoms with Gasteiger partial charge >= 0.3 is 16.5 Å². The van der Waals surface area contributed by atoms with Crippen LogP contribution in [0.15, 0.2) is 112 Å². The van der Waals surface area contributed by atoms with Gasteiger partial charge in [0.15, 0.2) is 0 Å². The van der Waals surface area contributed by atoms with Crippen LogP contribution in [0.2, 0.25) is 0 Å². The van der Waals surface area contributed by atoms with Crippen LogP contribution in [0.1, 0.15) is 63.4 Å². The van der Waals surface area contributed by atoms with Gasteiger partial charge in [0.1, 0.15) is 6.04 Å². The molecule has 0 saturated heterocycles. The van der Waals surface area contributed by atoms with Crippen molar-refractivity contribution < 1.29 is 31.5 Å². The average molecular weight is 566 g/mol.